The molecular formula is C18H40O3. The van der Waals surface area contributed by atoms with E-state index in [0.717, 1.165) is 0 Å². The summed E-state index contributed by atoms with van der Waals surface area (Å²) in [5.74, 6) is 0. The summed E-state index contributed by atoms with van der Waals surface area (Å²) in [7, 11) is 0. The monoisotopic (exact) mass is 304 g/mol. The van der Waals surface area contributed by atoms with E-state index in [2.05, 4.69) is 27.7 Å². The van der Waals surface area contributed by atoms with Crippen LogP contribution in [0, 0.1) is 0 Å². The van der Waals surface area contributed by atoms with Crippen molar-refractivity contribution >= 4 is 0 Å². The van der Waals surface area contributed by atoms with Gasteiger partial charge in [-0.2, -0.15) is 0 Å². The highest BCUT2D eigenvalue weighted by atomic mass is 16.5. The highest BCUT2D eigenvalue weighted by Crippen LogP contribution is 2.17. The fourth-order valence-corrected chi connectivity index (χ4v) is 2.25. The third-order valence-corrected chi connectivity index (χ3v) is 3.65. The Morgan fingerprint density at radius 3 is 1.29 bits per heavy atom. The van der Waals surface area contributed by atoms with E-state index in [4.69, 9.17) is 14.9 Å². The molecule has 0 aliphatic rings. The Hall–Kier alpha value is -0.120. The molecule has 21 heavy (non-hydrogen) atoms. The summed E-state index contributed by atoms with van der Waals surface area (Å²) in [6.45, 7) is 8.80. The maximum Gasteiger partial charge on any atom is 0.0662 e. The molecule has 0 bridgehead atoms. The second-order valence-electron chi connectivity index (χ2n) is 5.64. The van der Waals surface area contributed by atoms with Gasteiger partial charge in [0.2, 0.25) is 0 Å². The Kier molecular flexibility index (Phi) is 21.9. The van der Waals surface area contributed by atoms with E-state index in [1.165, 1.54) is 64.2 Å². The van der Waals surface area contributed by atoms with E-state index < -0.39 is 0 Å². The van der Waals surface area contributed by atoms with Crippen molar-refractivity contribution in [2.24, 2.45) is 0 Å². The highest BCUT2D eigenvalue weighted by molar-refractivity contribution is 4.62. The zero-order valence-electron chi connectivity index (χ0n) is 14.9. The molecule has 0 aromatic heterocycles. The molecule has 0 amide bonds. The molecule has 0 rings (SSSR count). The van der Waals surface area contributed by atoms with Crippen molar-refractivity contribution < 1.29 is 14.9 Å². The molecule has 0 saturated carbocycles. The van der Waals surface area contributed by atoms with Crippen molar-refractivity contribution in [1.29, 1.82) is 0 Å². The molecule has 0 aromatic carbocycles. The van der Waals surface area contributed by atoms with Crippen molar-refractivity contribution in [2.45, 2.75) is 104 Å². The Bertz CT molecular complexity index is 156. The quantitative estimate of drug-likeness (QED) is 0.485. The van der Waals surface area contributed by atoms with Crippen LogP contribution in [-0.4, -0.2) is 35.6 Å². The van der Waals surface area contributed by atoms with Crippen LogP contribution in [0.3, 0.4) is 0 Å². The predicted octanol–water partition coefficient (Wildman–Crippen LogP) is 4.69. The van der Waals surface area contributed by atoms with Gasteiger partial charge in [0.25, 0.3) is 0 Å². The van der Waals surface area contributed by atoms with Gasteiger partial charge in [0.1, 0.15) is 0 Å². The number of hydrogen-bond acceptors (Lipinski definition) is 3. The summed E-state index contributed by atoms with van der Waals surface area (Å²) in [4.78, 5) is 0. The maximum atomic E-state index is 7.62. The summed E-state index contributed by atoms with van der Waals surface area (Å²) >= 11 is 0. The van der Waals surface area contributed by atoms with Gasteiger partial charge < -0.3 is 14.9 Å². The molecule has 2 atom stereocenters. The van der Waals surface area contributed by atoms with E-state index in [-0.39, 0.29) is 13.2 Å². The number of hydrogen-bond donors (Lipinski definition) is 2. The third kappa shape index (κ3) is 17.8. The second kappa shape index (κ2) is 19.9. The minimum absolute atomic E-state index is 0.125. The van der Waals surface area contributed by atoms with Crippen LogP contribution in [0.5, 0.6) is 0 Å². The molecule has 0 radical (unpaired) electrons. The number of unbranched alkanes of at least 4 members (excludes halogenated alkanes) is 4. The summed E-state index contributed by atoms with van der Waals surface area (Å²) in [6.07, 6.45) is 13.9. The largest absolute Gasteiger partial charge is 0.394 e. The van der Waals surface area contributed by atoms with Crippen LogP contribution >= 0.6 is 0 Å². The minimum Gasteiger partial charge on any atom is -0.394 e. The van der Waals surface area contributed by atoms with Gasteiger partial charge in [-0.25, -0.2) is 0 Å². The van der Waals surface area contributed by atoms with Crippen molar-refractivity contribution in [3.8, 4) is 0 Å². The van der Waals surface area contributed by atoms with Crippen molar-refractivity contribution in [2.75, 3.05) is 13.2 Å². The lowest BCUT2D eigenvalue weighted by atomic mass is 10.1. The molecule has 130 valence electrons. The molecule has 0 aliphatic heterocycles. The molecule has 0 fully saturated rings. The Morgan fingerprint density at radius 2 is 1.05 bits per heavy atom. The average molecular weight is 305 g/mol. The van der Waals surface area contributed by atoms with Crippen LogP contribution in [0.1, 0.15) is 91.9 Å². The van der Waals surface area contributed by atoms with Crippen LogP contribution in [0.2, 0.25) is 0 Å². The summed E-state index contributed by atoms with van der Waals surface area (Å²) in [6, 6.07) is 0. The van der Waals surface area contributed by atoms with Crippen LogP contribution in [0.4, 0.5) is 0 Å². The second-order valence-corrected chi connectivity index (χ2v) is 5.64. The van der Waals surface area contributed by atoms with Crippen LogP contribution in [0.15, 0.2) is 0 Å². The van der Waals surface area contributed by atoms with E-state index in [1.807, 2.05) is 0 Å². The third-order valence-electron chi connectivity index (χ3n) is 3.65. The summed E-state index contributed by atoms with van der Waals surface area (Å²) in [5, 5.41) is 15.2. The Morgan fingerprint density at radius 1 is 0.667 bits per heavy atom. The van der Waals surface area contributed by atoms with Crippen molar-refractivity contribution in [3.05, 3.63) is 0 Å². The van der Waals surface area contributed by atoms with Gasteiger partial charge >= 0.3 is 0 Å². The zero-order chi connectivity index (χ0) is 16.3. The lowest BCUT2D eigenvalue weighted by molar-refractivity contribution is -0.0256. The van der Waals surface area contributed by atoms with Crippen LogP contribution in [-0.2, 0) is 4.74 Å². The van der Waals surface area contributed by atoms with Crippen LogP contribution < -0.4 is 0 Å². The molecule has 3 nitrogen and oxygen atoms in total. The Labute approximate surface area is 133 Å². The normalized spacial score (nSPS) is 13.4. The van der Waals surface area contributed by atoms with Crippen LogP contribution in [0.25, 0.3) is 0 Å². The zero-order valence-corrected chi connectivity index (χ0v) is 14.9. The van der Waals surface area contributed by atoms with Gasteiger partial charge in [-0.1, -0.05) is 66.2 Å². The fraction of sp³-hybridized carbons (Fsp3) is 1.00. The number of rotatable bonds is 13. The lowest BCUT2D eigenvalue weighted by Crippen LogP contribution is -2.21. The standard InChI is InChI=1S/C16H34O.C2H6O2/c1-5-9-11-13-15(7-3)17-16(8-4)14-12-10-6-2;3-1-2-4/h15-16H,5-14H2,1-4H3;3-4H,1-2H2. The van der Waals surface area contributed by atoms with Gasteiger partial charge in [0.15, 0.2) is 0 Å². The smallest absolute Gasteiger partial charge is 0.0662 e. The Balaban J connectivity index is 0. The van der Waals surface area contributed by atoms with E-state index in [0.29, 0.717) is 12.2 Å². The van der Waals surface area contributed by atoms with Gasteiger partial charge in [-0.15, -0.1) is 0 Å². The molecule has 0 aliphatic carbocycles. The van der Waals surface area contributed by atoms with E-state index in [1.54, 1.807) is 0 Å². The van der Waals surface area contributed by atoms with Gasteiger partial charge in [-0.3, -0.25) is 0 Å². The molecular weight excluding hydrogens is 264 g/mol. The van der Waals surface area contributed by atoms with E-state index >= 15 is 0 Å². The SMILES string of the molecule is CCCCCC(CC)OC(CC)CCCCC.OCCO. The molecule has 0 aromatic rings. The first-order chi connectivity index (χ1) is 10.2. The fourth-order valence-electron chi connectivity index (χ4n) is 2.25. The topological polar surface area (TPSA) is 49.7 Å². The van der Waals surface area contributed by atoms with Gasteiger partial charge in [0, 0.05) is 0 Å². The van der Waals surface area contributed by atoms with Crippen molar-refractivity contribution in [1.82, 2.24) is 0 Å². The molecule has 0 saturated heterocycles. The number of aliphatic hydroxyl groups is 2. The predicted molar refractivity (Wildman–Crippen MR) is 91.7 cm³/mol. The van der Waals surface area contributed by atoms with Gasteiger partial charge in [0.05, 0.1) is 25.4 Å². The molecule has 2 unspecified atom stereocenters. The molecule has 2 N–H and O–H groups in total. The first-order valence-corrected chi connectivity index (χ1v) is 9.07. The maximum absolute atomic E-state index is 7.62. The molecule has 3 heteroatoms. The first kappa shape index (κ1) is 23.2. The van der Waals surface area contributed by atoms with E-state index in [9.17, 15) is 0 Å². The highest BCUT2D eigenvalue weighted by Gasteiger charge is 2.13. The molecule has 0 heterocycles. The summed E-state index contributed by atoms with van der Waals surface area (Å²) < 4.78 is 6.24. The van der Waals surface area contributed by atoms with Crippen molar-refractivity contribution in [3.63, 3.8) is 0 Å². The van der Waals surface area contributed by atoms with Gasteiger partial charge in [-0.05, 0) is 25.7 Å². The lowest BCUT2D eigenvalue weighted by Gasteiger charge is -2.23. The number of aliphatic hydroxyl groups excluding tert-OH is 2. The minimum atomic E-state index is -0.125. The number of ether oxygens (including phenoxy) is 1. The first-order valence-electron chi connectivity index (χ1n) is 9.07. The average Bonchev–Trinajstić information content (AvgIpc) is 2.53. The summed E-state index contributed by atoms with van der Waals surface area (Å²) in [5.41, 5.74) is 0. The molecule has 0 spiro atoms.